The molecule has 0 saturated carbocycles. The summed E-state index contributed by atoms with van der Waals surface area (Å²) in [6.07, 6.45) is 0. The van der Waals surface area contributed by atoms with Gasteiger partial charge in [-0.3, -0.25) is 9.59 Å². The molecule has 0 saturated heterocycles. The first-order chi connectivity index (χ1) is 12.4. The Morgan fingerprint density at radius 3 is 2.62 bits per heavy atom. The first-order valence-corrected chi connectivity index (χ1v) is 9.39. The van der Waals surface area contributed by atoms with Gasteiger partial charge in [0.2, 0.25) is 11.8 Å². The fourth-order valence-electron chi connectivity index (χ4n) is 2.08. The van der Waals surface area contributed by atoms with E-state index in [1.165, 1.54) is 23.8 Å². The van der Waals surface area contributed by atoms with E-state index in [-0.39, 0.29) is 24.1 Å². The lowest BCUT2D eigenvalue weighted by Gasteiger charge is -2.17. The fraction of sp³-hybridized carbons (Fsp3) is 0.222. The van der Waals surface area contributed by atoms with E-state index in [1.807, 2.05) is 18.2 Å². The van der Waals surface area contributed by atoms with Gasteiger partial charge in [0, 0.05) is 17.0 Å². The second-order valence-corrected chi connectivity index (χ2v) is 7.22. The highest BCUT2D eigenvalue weighted by Crippen LogP contribution is 2.28. The fourth-order valence-corrected chi connectivity index (χ4v) is 3.43. The molecule has 0 bridgehead atoms. The molecule has 0 spiro atoms. The Hall–Kier alpha value is -1.89. The van der Waals surface area contributed by atoms with Crippen LogP contribution >= 0.6 is 35.0 Å². The van der Waals surface area contributed by atoms with Crippen molar-refractivity contribution >= 4 is 52.5 Å². The predicted molar refractivity (Wildman–Crippen MR) is 106 cm³/mol. The zero-order valence-electron chi connectivity index (χ0n) is 14.3. The third kappa shape index (κ3) is 5.83. The molecule has 2 aromatic carbocycles. The molecule has 0 radical (unpaired) electrons. The van der Waals surface area contributed by atoms with Crippen molar-refractivity contribution in [2.45, 2.75) is 4.90 Å². The average Bonchev–Trinajstić information content (AvgIpc) is 2.60. The van der Waals surface area contributed by atoms with E-state index in [0.29, 0.717) is 21.5 Å². The van der Waals surface area contributed by atoms with E-state index in [4.69, 9.17) is 27.9 Å². The average molecular weight is 413 g/mol. The molecule has 0 aromatic heterocycles. The van der Waals surface area contributed by atoms with Gasteiger partial charge in [0.15, 0.2) is 0 Å². The summed E-state index contributed by atoms with van der Waals surface area (Å²) in [7, 11) is 3.07. The van der Waals surface area contributed by atoms with Crippen LogP contribution in [0.3, 0.4) is 0 Å². The molecule has 2 rings (SSSR count). The maximum Gasteiger partial charge on any atom is 0.244 e. The molecule has 0 aliphatic carbocycles. The molecule has 1 N–H and O–H groups in total. The van der Waals surface area contributed by atoms with Crippen molar-refractivity contribution in [3.8, 4) is 5.75 Å². The number of hydrogen-bond acceptors (Lipinski definition) is 4. The number of halogens is 2. The smallest absolute Gasteiger partial charge is 0.244 e. The van der Waals surface area contributed by atoms with Crippen LogP contribution in [0.1, 0.15) is 0 Å². The minimum absolute atomic E-state index is 0.0857. The van der Waals surface area contributed by atoms with Gasteiger partial charge in [-0.1, -0.05) is 35.3 Å². The van der Waals surface area contributed by atoms with E-state index in [2.05, 4.69) is 5.32 Å². The Morgan fingerprint density at radius 2 is 1.92 bits per heavy atom. The lowest BCUT2D eigenvalue weighted by molar-refractivity contribution is -0.131. The third-order valence-electron chi connectivity index (χ3n) is 3.43. The topological polar surface area (TPSA) is 58.6 Å². The first-order valence-electron chi connectivity index (χ1n) is 7.65. The summed E-state index contributed by atoms with van der Waals surface area (Å²) in [5.74, 6) is 0.159. The Labute approximate surface area is 166 Å². The molecule has 0 aliphatic rings. The van der Waals surface area contributed by atoms with Crippen LogP contribution in [0.5, 0.6) is 5.75 Å². The Bertz CT molecular complexity index is 802. The number of carbonyl (C=O) groups excluding carboxylic acids is 2. The number of carbonyl (C=O) groups is 2. The monoisotopic (exact) mass is 412 g/mol. The summed E-state index contributed by atoms with van der Waals surface area (Å²) < 4.78 is 5.18. The number of hydrogen-bond donors (Lipinski definition) is 1. The quantitative estimate of drug-likeness (QED) is 0.692. The predicted octanol–water partition coefficient (Wildman–Crippen LogP) is 4.19. The molecule has 8 heteroatoms. The summed E-state index contributed by atoms with van der Waals surface area (Å²) in [4.78, 5) is 26.6. The highest BCUT2D eigenvalue weighted by Gasteiger charge is 2.15. The van der Waals surface area contributed by atoms with Crippen LogP contribution in [0.2, 0.25) is 10.0 Å². The second-order valence-electron chi connectivity index (χ2n) is 5.36. The molecule has 0 fully saturated rings. The summed E-state index contributed by atoms with van der Waals surface area (Å²) in [5.41, 5.74) is 0.455. The minimum atomic E-state index is -0.343. The van der Waals surface area contributed by atoms with Gasteiger partial charge in [-0.25, -0.2) is 0 Å². The minimum Gasteiger partial charge on any atom is -0.495 e. The number of likely N-dealkylation sites (N-methyl/N-ethyl adjacent to an activating group) is 1. The molecule has 5 nitrogen and oxygen atoms in total. The molecule has 138 valence electrons. The summed E-state index contributed by atoms with van der Waals surface area (Å²) in [6.45, 7) is -0.0857. The number of methoxy groups -OCH3 is 1. The maximum absolute atomic E-state index is 12.2. The van der Waals surface area contributed by atoms with Crippen molar-refractivity contribution in [2.24, 2.45) is 0 Å². The lowest BCUT2D eigenvalue weighted by Crippen LogP contribution is -2.36. The molecule has 2 aromatic rings. The van der Waals surface area contributed by atoms with E-state index in [0.717, 1.165) is 4.90 Å². The normalized spacial score (nSPS) is 10.3. The lowest BCUT2D eigenvalue weighted by atomic mass is 10.3. The SMILES string of the molecule is COc1ccc(Cl)cc1NC(=O)CN(C)C(=O)CSc1ccccc1Cl. The van der Waals surface area contributed by atoms with Gasteiger partial charge in [0.05, 0.1) is 30.1 Å². The molecule has 2 amide bonds. The van der Waals surface area contributed by atoms with Gasteiger partial charge in [0.25, 0.3) is 0 Å². The van der Waals surface area contributed by atoms with E-state index < -0.39 is 0 Å². The highest BCUT2D eigenvalue weighted by atomic mass is 35.5. The van der Waals surface area contributed by atoms with Crippen molar-refractivity contribution in [3.63, 3.8) is 0 Å². The van der Waals surface area contributed by atoms with Crippen LogP contribution in [-0.2, 0) is 9.59 Å². The van der Waals surface area contributed by atoms with Crippen molar-refractivity contribution in [1.82, 2.24) is 4.90 Å². The second kappa shape index (κ2) is 9.71. The summed E-state index contributed by atoms with van der Waals surface area (Å²) in [5, 5.41) is 3.77. The van der Waals surface area contributed by atoms with Crippen LogP contribution in [0, 0.1) is 0 Å². The van der Waals surface area contributed by atoms with Crippen LogP contribution in [0.15, 0.2) is 47.4 Å². The Morgan fingerprint density at radius 1 is 1.19 bits per heavy atom. The molecule has 26 heavy (non-hydrogen) atoms. The zero-order valence-corrected chi connectivity index (χ0v) is 16.6. The number of nitrogens with one attached hydrogen (secondary N) is 1. The van der Waals surface area contributed by atoms with Gasteiger partial charge in [0.1, 0.15) is 5.75 Å². The van der Waals surface area contributed by atoms with Crippen LogP contribution in [0.4, 0.5) is 5.69 Å². The molecular formula is C18H18Cl2N2O3S. The molecular weight excluding hydrogens is 395 g/mol. The number of thioether (sulfide) groups is 1. The van der Waals surface area contributed by atoms with Gasteiger partial charge in [-0.05, 0) is 30.3 Å². The molecule has 0 aliphatic heterocycles. The van der Waals surface area contributed by atoms with Gasteiger partial charge in [-0.15, -0.1) is 11.8 Å². The Balaban J connectivity index is 1.89. The van der Waals surface area contributed by atoms with Gasteiger partial charge >= 0.3 is 0 Å². The van der Waals surface area contributed by atoms with Crippen molar-refractivity contribution in [1.29, 1.82) is 0 Å². The van der Waals surface area contributed by atoms with Crippen molar-refractivity contribution in [3.05, 3.63) is 52.5 Å². The number of benzene rings is 2. The number of rotatable bonds is 7. The molecule has 0 unspecified atom stereocenters. The maximum atomic E-state index is 12.2. The van der Waals surface area contributed by atoms with E-state index in [1.54, 1.807) is 31.3 Å². The van der Waals surface area contributed by atoms with Crippen molar-refractivity contribution in [2.75, 3.05) is 31.8 Å². The number of anilines is 1. The number of ether oxygens (including phenoxy) is 1. The Kier molecular flexibility index (Phi) is 7.63. The summed E-state index contributed by atoms with van der Waals surface area (Å²) in [6, 6.07) is 12.2. The summed E-state index contributed by atoms with van der Waals surface area (Å²) >= 11 is 13.3. The first kappa shape index (κ1) is 20.4. The largest absolute Gasteiger partial charge is 0.495 e. The molecule has 0 atom stereocenters. The third-order valence-corrected chi connectivity index (χ3v) is 5.16. The van der Waals surface area contributed by atoms with Crippen LogP contribution in [0.25, 0.3) is 0 Å². The van der Waals surface area contributed by atoms with Crippen molar-refractivity contribution < 1.29 is 14.3 Å². The molecule has 0 heterocycles. The van der Waals surface area contributed by atoms with E-state index >= 15 is 0 Å². The number of nitrogens with zero attached hydrogens (tertiary/aromatic N) is 1. The van der Waals surface area contributed by atoms with Crippen LogP contribution in [-0.4, -0.2) is 43.2 Å². The van der Waals surface area contributed by atoms with Gasteiger partial charge in [-0.2, -0.15) is 0 Å². The number of amides is 2. The zero-order chi connectivity index (χ0) is 19.1. The van der Waals surface area contributed by atoms with Gasteiger partial charge < -0.3 is 15.0 Å². The standard InChI is InChI=1S/C18H18Cl2N2O3S/c1-22(18(24)11-26-16-6-4-3-5-13(16)20)10-17(23)21-14-9-12(19)7-8-15(14)25-2/h3-9H,10-11H2,1-2H3,(H,21,23). The van der Waals surface area contributed by atoms with Crippen LogP contribution < -0.4 is 10.1 Å². The van der Waals surface area contributed by atoms with E-state index in [9.17, 15) is 9.59 Å². The highest BCUT2D eigenvalue weighted by molar-refractivity contribution is 8.00.